The fourth-order valence-electron chi connectivity index (χ4n) is 2.46. The fourth-order valence-corrected chi connectivity index (χ4v) is 2.46. The van der Waals surface area contributed by atoms with Gasteiger partial charge < -0.3 is 10.2 Å². The highest BCUT2D eigenvalue weighted by molar-refractivity contribution is 5.96. The number of nitrogens with one attached hydrogen (secondary N) is 2. The minimum atomic E-state index is -0.599. The number of amides is 1. The van der Waals surface area contributed by atoms with E-state index >= 15 is 0 Å². The van der Waals surface area contributed by atoms with Crippen molar-refractivity contribution in [2.45, 2.75) is 19.9 Å². The van der Waals surface area contributed by atoms with Crippen molar-refractivity contribution in [2.24, 2.45) is 0 Å². The Labute approximate surface area is 140 Å². The minimum Gasteiger partial charge on any atom is -0.350 e. The number of nitro groups is 1. The van der Waals surface area contributed by atoms with E-state index in [9.17, 15) is 14.9 Å². The molecule has 0 aliphatic rings. The SMILES string of the molecule is Cc1[nH]nc(C(=O)NCCc2cccc(CN(C)C)c2)c1[N+](=O)[O-]. The van der Waals surface area contributed by atoms with Crippen LogP contribution in [0.4, 0.5) is 5.69 Å². The second-order valence-electron chi connectivity index (χ2n) is 5.87. The van der Waals surface area contributed by atoms with Gasteiger partial charge in [0.2, 0.25) is 5.69 Å². The molecule has 0 aliphatic heterocycles. The first kappa shape index (κ1) is 17.6. The number of aromatic amines is 1. The van der Waals surface area contributed by atoms with Crippen molar-refractivity contribution >= 4 is 11.6 Å². The van der Waals surface area contributed by atoms with E-state index in [0.29, 0.717) is 13.0 Å². The smallest absolute Gasteiger partial charge is 0.322 e. The van der Waals surface area contributed by atoms with Crippen LogP contribution >= 0.6 is 0 Å². The zero-order valence-corrected chi connectivity index (χ0v) is 14.0. The number of hydrogen-bond acceptors (Lipinski definition) is 5. The first-order chi connectivity index (χ1) is 11.4. The van der Waals surface area contributed by atoms with E-state index in [1.807, 2.05) is 26.2 Å². The van der Waals surface area contributed by atoms with E-state index in [1.165, 1.54) is 12.5 Å². The quantitative estimate of drug-likeness (QED) is 0.593. The summed E-state index contributed by atoms with van der Waals surface area (Å²) in [7, 11) is 4.01. The third-order valence-corrected chi connectivity index (χ3v) is 3.50. The van der Waals surface area contributed by atoms with Gasteiger partial charge in [-0.3, -0.25) is 20.0 Å². The molecule has 8 heteroatoms. The molecular weight excluding hydrogens is 310 g/mol. The van der Waals surface area contributed by atoms with Crippen LogP contribution < -0.4 is 5.32 Å². The monoisotopic (exact) mass is 331 g/mol. The Balaban J connectivity index is 1.95. The van der Waals surface area contributed by atoms with Gasteiger partial charge in [0.1, 0.15) is 5.69 Å². The fraction of sp³-hybridized carbons (Fsp3) is 0.375. The molecule has 0 bridgehead atoms. The zero-order valence-electron chi connectivity index (χ0n) is 14.0. The number of hydrogen-bond donors (Lipinski definition) is 2. The lowest BCUT2D eigenvalue weighted by Gasteiger charge is -2.11. The summed E-state index contributed by atoms with van der Waals surface area (Å²) in [6, 6.07) is 8.12. The van der Waals surface area contributed by atoms with E-state index in [1.54, 1.807) is 0 Å². The number of benzene rings is 1. The lowest BCUT2D eigenvalue weighted by Crippen LogP contribution is -2.26. The van der Waals surface area contributed by atoms with Gasteiger partial charge in [0.25, 0.3) is 5.91 Å². The molecule has 8 nitrogen and oxygen atoms in total. The Morgan fingerprint density at radius 3 is 2.75 bits per heavy atom. The van der Waals surface area contributed by atoms with Crippen LogP contribution in [0.2, 0.25) is 0 Å². The summed E-state index contributed by atoms with van der Waals surface area (Å²) in [5.41, 5.74) is 2.10. The molecule has 1 amide bonds. The first-order valence-electron chi connectivity index (χ1n) is 7.58. The van der Waals surface area contributed by atoms with Crippen LogP contribution in [-0.2, 0) is 13.0 Å². The molecule has 0 unspecified atom stereocenters. The van der Waals surface area contributed by atoms with Gasteiger partial charge in [-0.2, -0.15) is 5.10 Å². The van der Waals surface area contributed by atoms with Crippen molar-refractivity contribution in [1.29, 1.82) is 0 Å². The number of carbonyl (C=O) groups is 1. The van der Waals surface area contributed by atoms with Crippen molar-refractivity contribution in [2.75, 3.05) is 20.6 Å². The molecule has 2 N–H and O–H groups in total. The van der Waals surface area contributed by atoms with Gasteiger partial charge in [0.15, 0.2) is 0 Å². The normalized spacial score (nSPS) is 10.8. The summed E-state index contributed by atoms with van der Waals surface area (Å²) in [6.45, 7) is 2.74. The molecule has 128 valence electrons. The van der Waals surface area contributed by atoms with E-state index in [0.717, 1.165) is 12.1 Å². The topological polar surface area (TPSA) is 104 Å². The van der Waals surface area contributed by atoms with Gasteiger partial charge in [0.05, 0.1) is 4.92 Å². The van der Waals surface area contributed by atoms with Gasteiger partial charge in [-0.05, 0) is 38.6 Å². The zero-order chi connectivity index (χ0) is 17.7. The van der Waals surface area contributed by atoms with Gasteiger partial charge in [-0.15, -0.1) is 0 Å². The average Bonchev–Trinajstić information content (AvgIpc) is 2.89. The Morgan fingerprint density at radius 1 is 1.38 bits per heavy atom. The molecule has 1 aromatic carbocycles. The van der Waals surface area contributed by atoms with Crippen molar-refractivity contribution in [3.63, 3.8) is 0 Å². The molecule has 0 spiro atoms. The standard InChI is InChI=1S/C16H21N5O3/c1-11-15(21(23)24)14(19-18-11)16(22)17-8-7-12-5-4-6-13(9-12)10-20(2)3/h4-6,9H,7-8,10H2,1-3H3,(H,17,22)(H,18,19). The van der Waals surface area contributed by atoms with Gasteiger partial charge in [-0.25, -0.2) is 0 Å². The summed E-state index contributed by atoms with van der Waals surface area (Å²) < 4.78 is 0. The number of aryl methyl sites for hydroxylation is 1. The third kappa shape index (κ3) is 4.39. The molecule has 0 aliphatic carbocycles. The highest BCUT2D eigenvalue weighted by atomic mass is 16.6. The van der Waals surface area contributed by atoms with Crippen LogP contribution in [0.5, 0.6) is 0 Å². The van der Waals surface area contributed by atoms with Gasteiger partial charge in [0, 0.05) is 13.1 Å². The Hall–Kier alpha value is -2.74. The van der Waals surface area contributed by atoms with Crippen LogP contribution in [0.1, 0.15) is 27.3 Å². The molecule has 0 saturated heterocycles. The van der Waals surface area contributed by atoms with Crippen molar-refractivity contribution in [3.05, 3.63) is 56.9 Å². The highest BCUT2D eigenvalue weighted by Crippen LogP contribution is 2.19. The second kappa shape index (κ2) is 7.69. The van der Waals surface area contributed by atoms with E-state index in [2.05, 4.69) is 32.5 Å². The van der Waals surface area contributed by atoms with Crippen molar-refractivity contribution < 1.29 is 9.72 Å². The summed E-state index contributed by atoms with van der Waals surface area (Å²) in [4.78, 5) is 24.6. The van der Waals surface area contributed by atoms with E-state index < -0.39 is 10.8 Å². The summed E-state index contributed by atoms with van der Waals surface area (Å²) in [5, 5.41) is 19.9. The van der Waals surface area contributed by atoms with Crippen molar-refractivity contribution in [1.82, 2.24) is 20.4 Å². The predicted molar refractivity (Wildman–Crippen MR) is 89.8 cm³/mol. The molecule has 24 heavy (non-hydrogen) atoms. The molecule has 2 rings (SSSR count). The molecule has 1 aromatic heterocycles. The lowest BCUT2D eigenvalue weighted by atomic mass is 10.1. The number of rotatable bonds is 7. The van der Waals surface area contributed by atoms with Gasteiger partial charge in [-0.1, -0.05) is 24.3 Å². The van der Waals surface area contributed by atoms with Crippen LogP contribution in [0.25, 0.3) is 0 Å². The molecule has 0 saturated carbocycles. The summed E-state index contributed by atoms with van der Waals surface area (Å²) >= 11 is 0. The Bertz CT molecular complexity index is 739. The van der Waals surface area contributed by atoms with Crippen LogP contribution in [0, 0.1) is 17.0 Å². The summed E-state index contributed by atoms with van der Waals surface area (Å²) in [6.07, 6.45) is 0.643. The number of H-pyrrole nitrogens is 1. The Morgan fingerprint density at radius 2 is 2.08 bits per heavy atom. The maximum Gasteiger partial charge on any atom is 0.322 e. The lowest BCUT2D eigenvalue weighted by molar-refractivity contribution is -0.385. The number of nitrogens with zero attached hydrogens (tertiary/aromatic N) is 3. The molecule has 0 radical (unpaired) electrons. The molecular formula is C16H21N5O3. The molecule has 0 fully saturated rings. The largest absolute Gasteiger partial charge is 0.350 e. The van der Waals surface area contributed by atoms with Crippen LogP contribution in [-0.4, -0.2) is 46.6 Å². The average molecular weight is 331 g/mol. The van der Waals surface area contributed by atoms with E-state index in [4.69, 9.17) is 0 Å². The number of aromatic nitrogens is 2. The third-order valence-electron chi connectivity index (χ3n) is 3.50. The Kier molecular flexibility index (Phi) is 5.64. The van der Waals surface area contributed by atoms with Gasteiger partial charge >= 0.3 is 5.69 Å². The second-order valence-corrected chi connectivity index (χ2v) is 5.87. The molecule has 1 heterocycles. The molecule has 0 atom stereocenters. The highest BCUT2D eigenvalue weighted by Gasteiger charge is 2.26. The number of carbonyl (C=O) groups excluding carboxylic acids is 1. The minimum absolute atomic E-state index is 0.182. The van der Waals surface area contributed by atoms with E-state index in [-0.39, 0.29) is 17.1 Å². The molecule has 2 aromatic rings. The van der Waals surface area contributed by atoms with Crippen LogP contribution in [0.3, 0.4) is 0 Å². The van der Waals surface area contributed by atoms with Crippen molar-refractivity contribution in [3.8, 4) is 0 Å². The summed E-state index contributed by atoms with van der Waals surface area (Å²) in [5.74, 6) is -0.546. The maximum atomic E-state index is 12.1. The van der Waals surface area contributed by atoms with Crippen LogP contribution in [0.15, 0.2) is 24.3 Å². The predicted octanol–water partition coefficient (Wildman–Crippen LogP) is 1.66. The maximum absolute atomic E-state index is 12.1. The first-order valence-corrected chi connectivity index (χ1v) is 7.58.